The van der Waals surface area contributed by atoms with Crippen LogP contribution in [0.4, 0.5) is 5.69 Å². The van der Waals surface area contributed by atoms with Crippen LogP contribution >= 0.6 is 23.2 Å². The van der Waals surface area contributed by atoms with Crippen LogP contribution in [-0.4, -0.2) is 55.8 Å². The molecular formula is C24H29Cl2N3O5S. The van der Waals surface area contributed by atoms with Gasteiger partial charge in [0, 0.05) is 28.2 Å². The van der Waals surface area contributed by atoms with E-state index in [1.165, 1.54) is 30.0 Å². The van der Waals surface area contributed by atoms with E-state index in [4.69, 9.17) is 23.2 Å². The van der Waals surface area contributed by atoms with Gasteiger partial charge < -0.3 is 10.2 Å². The minimum absolute atomic E-state index is 0.0490. The Labute approximate surface area is 216 Å². The summed E-state index contributed by atoms with van der Waals surface area (Å²) in [6.07, 6.45) is 0.968. The van der Waals surface area contributed by atoms with Crippen molar-refractivity contribution in [2.75, 3.05) is 17.1 Å². The van der Waals surface area contributed by atoms with Gasteiger partial charge in [-0.1, -0.05) is 41.4 Å². The molecule has 2 amide bonds. The zero-order valence-corrected chi connectivity index (χ0v) is 22.5. The maximum atomic E-state index is 13.5. The number of anilines is 1. The van der Waals surface area contributed by atoms with Crippen molar-refractivity contribution in [3.8, 4) is 0 Å². The van der Waals surface area contributed by atoms with E-state index in [0.717, 1.165) is 10.6 Å². The van der Waals surface area contributed by atoms with Crippen molar-refractivity contribution in [3.05, 3.63) is 63.6 Å². The monoisotopic (exact) mass is 541 g/mol. The lowest BCUT2D eigenvalue weighted by molar-refractivity contribution is -0.139. The van der Waals surface area contributed by atoms with E-state index in [-0.39, 0.29) is 24.1 Å². The molecule has 35 heavy (non-hydrogen) atoms. The van der Waals surface area contributed by atoms with Gasteiger partial charge in [0.15, 0.2) is 5.78 Å². The van der Waals surface area contributed by atoms with E-state index in [0.29, 0.717) is 21.2 Å². The molecule has 0 radical (unpaired) electrons. The van der Waals surface area contributed by atoms with Crippen LogP contribution in [0.3, 0.4) is 0 Å². The van der Waals surface area contributed by atoms with Gasteiger partial charge in [-0.2, -0.15) is 0 Å². The normalized spacial score (nSPS) is 12.2. The largest absolute Gasteiger partial charge is 0.352 e. The Hall–Kier alpha value is -2.62. The fourth-order valence-corrected chi connectivity index (χ4v) is 4.62. The Morgan fingerprint density at radius 2 is 1.69 bits per heavy atom. The second-order valence-corrected chi connectivity index (χ2v) is 11.2. The average molecular weight is 542 g/mol. The summed E-state index contributed by atoms with van der Waals surface area (Å²) in [5, 5.41) is 3.49. The number of rotatable bonds is 10. The van der Waals surface area contributed by atoms with E-state index >= 15 is 0 Å². The highest BCUT2D eigenvalue weighted by atomic mass is 35.5. The van der Waals surface area contributed by atoms with Crippen molar-refractivity contribution in [2.45, 2.75) is 46.3 Å². The minimum Gasteiger partial charge on any atom is -0.352 e. The van der Waals surface area contributed by atoms with Crippen molar-refractivity contribution in [2.24, 2.45) is 0 Å². The molecule has 0 aromatic heterocycles. The topological polar surface area (TPSA) is 104 Å². The highest BCUT2D eigenvalue weighted by Crippen LogP contribution is 2.24. The smallest absolute Gasteiger partial charge is 0.244 e. The molecule has 0 bridgehead atoms. The van der Waals surface area contributed by atoms with E-state index < -0.39 is 34.4 Å². The summed E-state index contributed by atoms with van der Waals surface area (Å²) >= 11 is 12.3. The highest BCUT2D eigenvalue weighted by molar-refractivity contribution is 7.92. The maximum absolute atomic E-state index is 13.5. The quantitative estimate of drug-likeness (QED) is 0.459. The van der Waals surface area contributed by atoms with Crippen molar-refractivity contribution in [1.82, 2.24) is 10.2 Å². The van der Waals surface area contributed by atoms with Crippen LogP contribution in [0.15, 0.2) is 42.5 Å². The van der Waals surface area contributed by atoms with Gasteiger partial charge in [-0.25, -0.2) is 8.42 Å². The number of ketones is 1. The van der Waals surface area contributed by atoms with Crippen LogP contribution in [0.25, 0.3) is 0 Å². The molecule has 2 aromatic carbocycles. The summed E-state index contributed by atoms with van der Waals surface area (Å²) in [5.41, 5.74) is 1.01. The molecule has 2 rings (SSSR count). The van der Waals surface area contributed by atoms with Gasteiger partial charge in [-0.3, -0.25) is 18.7 Å². The molecule has 1 N–H and O–H groups in total. The number of benzene rings is 2. The van der Waals surface area contributed by atoms with Gasteiger partial charge >= 0.3 is 0 Å². The van der Waals surface area contributed by atoms with Crippen molar-refractivity contribution in [1.29, 1.82) is 0 Å². The Morgan fingerprint density at radius 3 is 2.23 bits per heavy atom. The van der Waals surface area contributed by atoms with Crippen LogP contribution in [-0.2, 0) is 26.2 Å². The predicted octanol–water partition coefficient (Wildman–Crippen LogP) is 3.90. The van der Waals surface area contributed by atoms with E-state index in [9.17, 15) is 22.8 Å². The van der Waals surface area contributed by atoms with E-state index in [1.54, 1.807) is 45.0 Å². The molecule has 0 saturated heterocycles. The summed E-state index contributed by atoms with van der Waals surface area (Å²) in [4.78, 5) is 39.3. The minimum atomic E-state index is -3.91. The first-order valence-electron chi connectivity index (χ1n) is 10.8. The highest BCUT2D eigenvalue weighted by Gasteiger charge is 2.30. The van der Waals surface area contributed by atoms with Crippen molar-refractivity contribution >= 4 is 56.5 Å². The Balaban J connectivity index is 2.46. The SMILES string of the molecule is CC(=O)c1cccc(N(CC(=O)N(Cc2ccc(Cl)cc2Cl)[C@@H](C)C(=O)NC(C)C)S(C)(=O)=O)c1. The van der Waals surface area contributed by atoms with Crippen molar-refractivity contribution < 1.29 is 22.8 Å². The lowest BCUT2D eigenvalue weighted by Gasteiger charge is -2.32. The molecule has 0 heterocycles. The molecule has 8 nitrogen and oxygen atoms in total. The molecule has 0 unspecified atom stereocenters. The number of hydrogen-bond donors (Lipinski definition) is 1. The number of halogens is 2. The zero-order valence-electron chi connectivity index (χ0n) is 20.2. The fraction of sp³-hybridized carbons (Fsp3) is 0.375. The first kappa shape index (κ1) is 28.6. The second-order valence-electron chi connectivity index (χ2n) is 8.47. The summed E-state index contributed by atoms with van der Waals surface area (Å²) in [6.45, 7) is 5.88. The van der Waals surface area contributed by atoms with Gasteiger partial charge in [-0.05, 0) is 57.5 Å². The van der Waals surface area contributed by atoms with Gasteiger partial charge in [0.2, 0.25) is 21.8 Å². The summed E-state index contributed by atoms with van der Waals surface area (Å²) < 4.78 is 26.2. The van der Waals surface area contributed by atoms with Gasteiger partial charge in [0.05, 0.1) is 11.9 Å². The van der Waals surface area contributed by atoms with Crippen LogP contribution in [0.2, 0.25) is 10.0 Å². The summed E-state index contributed by atoms with van der Waals surface area (Å²) in [7, 11) is -3.91. The molecule has 0 saturated carbocycles. The third kappa shape index (κ3) is 7.95. The number of Topliss-reactive ketones (excluding diaryl/α,β-unsaturated/α-hetero) is 1. The number of carbonyl (C=O) groups excluding carboxylic acids is 3. The lowest BCUT2D eigenvalue weighted by atomic mass is 10.1. The molecule has 1 atom stereocenters. The molecule has 0 aliphatic carbocycles. The van der Waals surface area contributed by atoms with Gasteiger partial charge in [0.25, 0.3) is 0 Å². The number of hydrogen-bond acceptors (Lipinski definition) is 5. The zero-order chi connectivity index (χ0) is 26.5. The Kier molecular flexibility index (Phi) is 9.71. The molecule has 190 valence electrons. The molecule has 0 spiro atoms. The molecule has 0 fully saturated rings. The van der Waals surface area contributed by atoms with Crippen molar-refractivity contribution in [3.63, 3.8) is 0 Å². The average Bonchev–Trinajstić information content (AvgIpc) is 2.75. The number of carbonyl (C=O) groups is 3. The summed E-state index contributed by atoms with van der Waals surface area (Å²) in [5.74, 6) is -1.27. The Morgan fingerprint density at radius 1 is 1.03 bits per heavy atom. The van der Waals surface area contributed by atoms with Gasteiger partial charge in [0.1, 0.15) is 12.6 Å². The van der Waals surface area contributed by atoms with Crippen LogP contribution in [0, 0.1) is 0 Å². The molecule has 11 heteroatoms. The molecule has 2 aromatic rings. The standard InChI is InChI=1S/C24H29Cl2N3O5S/c1-15(2)27-24(32)16(3)28(13-19-9-10-20(25)12-22(19)26)23(31)14-29(35(5,33)34)21-8-6-7-18(11-21)17(4)30/h6-12,15-16H,13-14H2,1-5H3,(H,27,32)/t16-/m0/s1. The first-order chi connectivity index (χ1) is 16.2. The number of sulfonamides is 1. The predicted molar refractivity (Wildman–Crippen MR) is 138 cm³/mol. The third-order valence-electron chi connectivity index (χ3n) is 5.17. The maximum Gasteiger partial charge on any atom is 0.244 e. The number of nitrogens with one attached hydrogen (secondary N) is 1. The van der Waals surface area contributed by atoms with E-state index in [2.05, 4.69) is 5.32 Å². The Bertz CT molecular complexity index is 1220. The molecule has 0 aliphatic rings. The third-order valence-corrected chi connectivity index (χ3v) is 6.90. The van der Waals surface area contributed by atoms with Crippen LogP contribution in [0.5, 0.6) is 0 Å². The number of amides is 2. The first-order valence-corrected chi connectivity index (χ1v) is 13.4. The van der Waals surface area contributed by atoms with E-state index in [1.807, 2.05) is 0 Å². The fourth-order valence-electron chi connectivity index (χ4n) is 3.31. The van der Waals surface area contributed by atoms with Crippen LogP contribution in [0.1, 0.15) is 43.6 Å². The number of nitrogens with zero attached hydrogens (tertiary/aromatic N) is 2. The van der Waals surface area contributed by atoms with Crippen LogP contribution < -0.4 is 9.62 Å². The van der Waals surface area contributed by atoms with Gasteiger partial charge in [-0.15, -0.1) is 0 Å². The molecule has 0 aliphatic heterocycles. The lowest BCUT2D eigenvalue weighted by Crippen LogP contribution is -2.52. The second kappa shape index (κ2) is 11.9. The summed E-state index contributed by atoms with van der Waals surface area (Å²) in [6, 6.07) is 9.69. The molecular weight excluding hydrogens is 513 g/mol.